The van der Waals surface area contributed by atoms with Gasteiger partial charge in [0.25, 0.3) is 0 Å². The number of hydrogen-bond acceptors (Lipinski definition) is 4. The molecule has 0 fully saturated rings. The van der Waals surface area contributed by atoms with E-state index in [9.17, 15) is 0 Å². The van der Waals surface area contributed by atoms with Crippen LogP contribution in [0.25, 0.3) is 93.0 Å². The molecule has 0 unspecified atom stereocenters. The van der Waals surface area contributed by atoms with Crippen molar-refractivity contribution < 1.29 is 0 Å². The van der Waals surface area contributed by atoms with E-state index in [0.29, 0.717) is 17.5 Å². The maximum Gasteiger partial charge on any atom is 0.164 e. The van der Waals surface area contributed by atoms with E-state index in [1.807, 2.05) is 72.0 Å². The Morgan fingerprint density at radius 2 is 0.940 bits per heavy atom. The molecule has 0 aliphatic heterocycles. The number of benzene rings is 7. The van der Waals surface area contributed by atoms with E-state index in [2.05, 4.69) is 114 Å². The topological polar surface area (TPSA) is 43.6 Å². The molecule has 234 valence electrons. The summed E-state index contributed by atoms with van der Waals surface area (Å²) in [5.41, 5.74) is 8.93. The Labute approximate surface area is 292 Å². The first-order chi connectivity index (χ1) is 24.8. The maximum absolute atomic E-state index is 5.00. The van der Waals surface area contributed by atoms with Crippen molar-refractivity contribution >= 4 is 53.3 Å². The van der Waals surface area contributed by atoms with Crippen molar-refractivity contribution in [1.82, 2.24) is 19.5 Å². The van der Waals surface area contributed by atoms with Crippen LogP contribution >= 0.6 is 11.3 Å². The van der Waals surface area contributed by atoms with Gasteiger partial charge >= 0.3 is 0 Å². The summed E-state index contributed by atoms with van der Waals surface area (Å²) in [5, 5.41) is 5.02. The summed E-state index contributed by atoms with van der Waals surface area (Å²) in [6.45, 7) is 0. The van der Waals surface area contributed by atoms with Gasteiger partial charge in [-0.3, -0.25) is 0 Å². The fourth-order valence-corrected chi connectivity index (χ4v) is 8.40. The number of fused-ring (bicyclic) bond motifs is 6. The Morgan fingerprint density at radius 1 is 0.380 bits per heavy atom. The molecule has 5 heteroatoms. The Hall–Kier alpha value is -6.43. The Bertz CT molecular complexity index is 2800. The lowest BCUT2D eigenvalue weighted by Crippen LogP contribution is -1.99. The molecule has 3 heterocycles. The zero-order chi connectivity index (χ0) is 33.0. The zero-order valence-corrected chi connectivity index (χ0v) is 27.7. The number of nitrogens with zero attached hydrogens (tertiary/aromatic N) is 4. The van der Waals surface area contributed by atoms with Gasteiger partial charge in [0.1, 0.15) is 0 Å². The molecular formula is C45H28N4S. The van der Waals surface area contributed by atoms with Crippen molar-refractivity contribution in [3.05, 3.63) is 170 Å². The minimum Gasteiger partial charge on any atom is -0.309 e. The second-order valence-electron chi connectivity index (χ2n) is 12.4. The molecule has 4 nitrogen and oxygen atoms in total. The normalized spacial score (nSPS) is 11.6. The zero-order valence-electron chi connectivity index (χ0n) is 26.9. The first-order valence-electron chi connectivity index (χ1n) is 16.7. The molecule has 0 aliphatic rings. The molecule has 0 radical (unpaired) electrons. The Kier molecular flexibility index (Phi) is 6.64. The maximum atomic E-state index is 5.00. The minimum atomic E-state index is 0.663. The van der Waals surface area contributed by atoms with Gasteiger partial charge in [-0.05, 0) is 47.5 Å². The number of hydrogen-bond donors (Lipinski definition) is 0. The molecule has 0 spiro atoms. The van der Waals surface area contributed by atoms with Gasteiger partial charge in [-0.15, -0.1) is 11.3 Å². The molecule has 0 N–H and O–H groups in total. The van der Waals surface area contributed by atoms with Gasteiger partial charge in [0.05, 0.1) is 11.0 Å². The third-order valence-electron chi connectivity index (χ3n) is 9.46. The third-order valence-corrected chi connectivity index (χ3v) is 10.6. The van der Waals surface area contributed by atoms with Crippen LogP contribution in [0.2, 0.25) is 0 Å². The number of thiophene rings is 1. The number of para-hydroxylation sites is 2. The van der Waals surface area contributed by atoms with Gasteiger partial charge in [0, 0.05) is 53.3 Å². The summed E-state index contributed by atoms with van der Waals surface area (Å²) in [4.78, 5) is 14.9. The summed E-state index contributed by atoms with van der Waals surface area (Å²) in [6.07, 6.45) is 0. The molecule has 50 heavy (non-hydrogen) atoms. The molecular weight excluding hydrogens is 629 g/mol. The van der Waals surface area contributed by atoms with Crippen LogP contribution in [0.4, 0.5) is 0 Å². The van der Waals surface area contributed by atoms with Gasteiger partial charge in [0.15, 0.2) is 17.5 Å². The highest BCUT2D eigenvalue weighted by molar-refractivity contribution is 7.26. The third kappa shape index (κ3) is 4.63. The highest BCUT2D eigenvalue weighted by Crippen LogP contribution is 2.45. The van der Waals surface area contributed by atoms with Gasteiger partial charge in [-0.2, -0.15) is 0 Å². The highest BCUT2D eigenvalue weighted by Gasteiger charge is 2.19. The second kappa shape index (κ2) is 11.6. The van der Waals surface area contributed by atoms with Crippen LogP contribution in [0.1, 0.15) is 0 Å². The largest absolute Gasteiger partial charge is 0.309 e. The average Bonchev–Trinajstić information content (AvgIpc) is 3.74. The predicted molar refractivity (Wildman–Crippen MR) is 209 cm³/mol. The van der Waals surface area contributed by atoms with E-state index in [-0.39, 0.29) is 0 Å². The van der Waals surface area contributed by atoms with Crippen molar-refractivity contribution in [2.45, 2.75) is 0 Å². The summed E-state index contributed by atoms with van der Waals surface area (Å²) >= 11 is 1.82. The summed E-state index contributed by atoms with van der Waals surface area (Å²) in [6, 6.07) is 59.7. The van der Waals surface area contributed by atoms with Gasteiger partial charge < -0.3 is 4.57 Å². The smallest absolute Gasteiger partial charge is 0.164 e. The second-order valence-corrected chi connectivity index (χ2v) is 13.5. The average molecular weight is 657 g/mol. The van der Waals surface area contributed by atoms with Crippen LogP contribution in [-0.2, 0) is 0 Å². The first-order valence-corrected chi connectivity index (χ1v) is 17.5. The van der Waals surface area contributed by atoms with Crippen molar-refractivity contribution in [2.24, 2.45) is 0 Å². The Morgan fingerprint density at radius 3 is 1.64 bits per heavy atom. The van der Waals surface area contributed by atoms with Gasteiger partial charge in [0.2, 0.25) is 0 Å². The molecule has 0 bridgehead atoms. The van der Waals surface area contributed by atoms with E-state index < -0.39 is 0 Å². The lowest BCUT2D eigenvalue weighted by Gasteiger charge is -2.10. The molecule has 10 aromatic rings. The molecule has 0 saturated heterocycles. The minimum absolute atomic E-state index is 0.663. The SMILES string of the molecule is c1ccc(-c2nc(-c3ccccc3)nc(-c3ccc4c(c3)sc3cccc(-c5cccc6c5c5ccccc5n6-c5ccccc5)c34)n2)cc1. The van der Waals surface area contributed by atoms with Crippen molar-refractivity contribution in [2.75, 3.05) is 0 Å². The van der Waals surface area contributed by atoms with Crippen LogP contribution in [-0.4, -0.2) is 19.5 Å². The van der Waals surface area contributed by atoms with Crippen molar-refractivity contribution in [1.29, 1.82) is 0 Å². The lowest BCUT2D eigenvalue weighted by molar-refractivity contribution is 1.07. The van der Waals surface area contributed by atoms with Crippen LogP contribution in [0, 0.1) is 0 Å². The molecule has 10 rings (SSSR count). The van der Waals surface area contributed by atoms with E-state index in [4.69, 9.17) is 15.0 Å². The van der Waals surface area contributed by atoms with Crippen LogP contribution in [0.5, 0.6) is 0 Å². The fourth-order valence-electron chi connectivity index (χ4n) is 7.23. The molecule has 7 aromatic carbocycles. The number of aromatic nitrogens is 4. The molecule has 0 atom stereocenters. The van der Waals surface area contributed by atoms with Crippen LogP contribution in [0.3, 0.4) is 0 Å². The van der Waals surface area contributed by atoms with Crippen LogP contribution in [0.15, 0.2) is 170 Å². The quantitative estimate of drug-likeness (QED) is 0.185. The van der Waals surface area contributed by atoms with Crippen LogP contribution < -0.4 is 0 Å². The van der Waals surface area contributed by atoms with E-state index in [1.165, 1.54) is 53.1 Å². The summed E-state index contributed by atoms with van der Waals surface area (Å²) in [7, 11) is 0. The summed E-state index contributed by atoms with van der Waals surface area (Å²) < 4.78 is 4.84. The first kappa shape index (κ1) is 28.6. The molecule has 3 aromatic heterocycles. The lowest BCUT2D eigenvalue weighted by atomic mass is 9.95. The summed E-state index contributed by atoms with van der Waals surface area (Å²) in [5.74, 6) is 1.99. The highest BCUT2D eigenvalue weighted by atomic mass is 32.1. The molecule has 0 amide bonds. The van der Waals surface area contributed by atoms with E-state index >= 15 is 0 Å². The van der Waals surface area contributed by atoms with E-state index in [0.717, 1.165) is 22.4 Å². The van der Waals surface area contributed by atoms with Crippen molar-refractivity contribution in [3.63, 3.8) is 0 Å². The standard InChI is InChI=1S/C45H28N4S/c1-4-14-29(15-5-1)43-46-44(30-16-6-2-7-17-30)48-45(47-43)31-26-27-36-40(28-31)50-39-25-13-22-34(42(36)39)33-21-12-24-38-41(33)35-20-10-11-23-37(35)49(38)32-18-8-3-9-19-32/h1-28H. The molecule has 0 aliphatic carbocycles. The molecule has 0 saturated carbocycles. The van der Waals surface area contributed by atoms with Gasteiger partial charge in [-0.25, -0.2) is 15.0 Å². The van der Waals surface area contributed by atoms with E-state index in [1.54, 1.807) is 0 Å². The predicted octanol–water partition coefficient (Wildman–Crippen LogP) is 12.0. The fraction of sp³-hybridized carbons (Fsp3) is 0. The number of rotatable bonds is 5. The van der Waals surface area contributed by atoms with Gasteiger partial charge in [-0.1, -0.05) is 133 Å². The van der Waals surface area contributed by atoms with Crippen molar-refractivity contribution in [3.8, 4) is 51.0 Å². The monoisotopic (exact) mass is 656 g/mol. The Balaban J connectivity index is 1.17.